The van der Waals surface area contributed by atoms with Crippen molar-refractivity contribution in [3.63, 3.8) is 0 Å². The van der Waals surface area contributed by atoms with E-state index >= 15 is 0 Å². The molecule has 37 heavy (non-hydrogen) atoms. The van der Waals surface area contributed by atoms with Crippen LogP contribution in [-0.4, -0.2) is 40.6 Å². The van der Waals surface area contributed by atoms with Crippen LogP contribution in [0.4, 0.5) is 5.69 Å². The molecule has 1 atom stereocenters. The number of aryl methyl sites for hydroxylation is 2. The van der Waals surface area contributed by atoms with Crippen molar-refractivity contribution in [2.45, 2.75) is 38.6 Å². The molecule has 2 amide bonds. The third-order valence-electron chi connectivity index (χ3n) is 6.42. The van der Waals surface area contributed by atoms with Crippen LogP contribution in [0.1, 0.15) is 39.0 Å². The lowest BCUT2D eigenvalue weighted by Crippen LogP contribution is -2.42. The number of anilines is 1. The second kappa shape index (κ2) is 11.2. The molecule has 7 nitrogen and oxygen atoms in total. The molecular formula is C28H26Cl2N2O5. The zero-order valence-corrected chi connectivity index (χ0v) is 21.6. The SMILES string of the molecule is Cc1cccc(Cl)c1C(=O)NC(Cc1ccc2c(c1)CCCN2C(=O)Cc1ccc(O)c(Cl)c1)C(=O)O. The van der Waals surface area contributed by atoms with Gasteiger partial charge in [-0.2, -0.15) is 0 Å². The zero-order chi connectivity index (χ0) is 26.7. The molecule has 0 saturated carbocycles. The molecule has 4 rings (SSSR count). The van der Waals surface area contributed by atoms with Crippen molar-refractivity contribution in [2.24, 2.45) is 0 Å². The van der Waals surface area contributed by atoms with Crippen LogP contribution in [0.5, 0.6) is 5.75 Å². The topological polar surface area (TPSA) is 107 Å². The third kappa shape index (κ3) is 6.06. The number of aliphatic carboxylic acids is 1. The fourth-order valence-electron chi connectivity index (χ4n) is 4.55. The summed E-state index contributed by atoms with van der Waals surface area (Å²) in [6, 6.07) is 14.1. The second-order valence-corrected chi connectivity index (χ2v) is 9.89. The fourth-order valence-corrected chi connectivity index (χ4v) is 5.06. The predicted molar refractivity (Wildman–Crippen MR) is 143 cm³/mol. The van der Waals surface area contributed by atoms with E-state index in [1.54, 1.807) is 48.2 Å². The van der Waals surface area contributed by atoms with Crippen molar-refractivity contribution in [1.82, 2.24) is 5.32 Å². The van der Waals surface area contributed by atoms with E-state index < -0.39 is 17.9 Å². The number of nitrogens with zero attached hydrogens (tertiary/aromatic N) is 1. The maximum absolute atomic E-state index is 13.1. The number of halogens is 2. The van der Waals surface area contributed by atoms with E-state index in [-0.39, 0.29) is 40.1 Å². The average molecular weight is 541 g/mol. The zero-order valence-electron chi connectivity index (χ0n) is 20.1. The van der Waals surface area contributed by atoms with E-state index in [4.69, 9.17) is 23.2 Å². The molecule has 3 aromatic carbocycles. The average Bonchev–Trinajstić information content (AvgIpc) is 2.85. The third-order valence-corrected chi connectivity index (χ3v) is 7.04. The summed E-state index contributed by atoms with van der Waals surface area (Å²) in [4.78, 5) is 39.6. The first-order chi connectivity index (χ1) is 17.6. The molecule has 0 aromatic heterocycles. The number of aromatic hydroxyl groups is 1. The summed E-state index contributed by atoms with van der Waals surface area (Å²) in [5.74, 6) is -1.83. The number of fused-ring (bicyclic) bond motifs is 1. The Morgan fingerprint density at radius 2 is 1.78 bits per heavy atom. The van der Waals surface area contributed by atoms with Crippen LogP contribution in [0, 0.1) is 6.92 Å². The van der Waals surface area contributed by atoms with E-state index in [9.17, 15) is 24.6 Å². The first-order valence-corrected chi connectivity index (χ1v) is 12.6. The first-order valence-electron chi connectivity index (χ1n) is 11.8. The van der Waals surface area contributed by atoms with Gasteiger partial charge in [0.05, 0.1) is 22.0 Å². The van der Waals surface area contributed by atoms with Crippen LogP contribution < -0.4 is 10.2 Å². The van der Waals surface area contributed by atoms with Crippen LogP contribution in [0.2, 0.25) is 10.0 Å². The predicted octanol–water partition coefficient (Wildman–Crippen LogP) is 4.96. The van der Waals surface area contributed by atoms with Gasteiger partial charge >= 0.3 is 5.97 Å². The van der Waals surface area contributed by atoms with Gasteiger partial charge in [-0.25, -0.2) is 4.79 Å². The Labute approximate surface area is 224 Å². The number of benzene rings is 3. The van der Waals surface area contributed by atoms with Crippen molar-refractivity contribution < 1.29 is 24.6 Å². The molecule has 1 aliphatic heterocycles. The molecule has 3 N–H and O–H groups in total. The summed E-state index contributed by atoms with van der Waals surface area (Å²) < 4.78 is 0. The highest BCUT2D eigenvalue weighted by Crippen LogP contribution is 2.30. The van der Waals surface area contributed by atoms with Gasteiger partial charge < -0.3 is 20.4 Å². The number of carbonyl (C=O) groups is 3. The molecule has 0 radical (unpaired) electrons. The molecule has 0 spiro atoms. The molecule has 1 unspecified atom stereocenters. The minimum absolute atomic E-state index is 0.0356. The number of hydrogen-bond donors (Lipinski definition) is 3. The van der Waals surface area contributed by atoms with E-state index in [0.29, 0.717) is 17.7 Å². The number of carbonyl (C=O) groups excluding carboxylic acids is 2. The molecule has 1 heterocycles. The lowest BCUT2D eigenvalue weighted by molar-refractivity contribution is -0.139. The number of amides is 2. The minimum Gasteiger partial charge on any atom is -0.506 e. The van der Waals surface area contributed by atoms with E-state index in [1.807, 2.05) is 12.1 Å². The highest BCUT2D eigenvalue weighted by molar-refractivity contribution is 6.34. The number of phenols is 1. The Kier molecular flexibility index (Phi) is 8.05. The molecule has 0 fully saturated rings. The highest BCUT2D eigenvalue weighted by atomic mass is 35.5. The van der Waals surface area contributed by atoms with Gasteiger partial charge in [-0.3, -0.25) is 9.59 Å². The van der Waals surface area contributed by atoms with Gasteiger partial charge in [-0.1, -0.05) is 53.5 Å². The van der Waals surface area contributed by atoms with Crippen molar-refractivity contribution in [3.8, 4) is 5.75 Å². The number of carboxylic acid groups (broad SMARTS) is 1. The van der Waals surface area contributed by atoms with E-state index in [1.165, 1.54) is 6.07 Å². The van der Waals surface area contributed by atoms with E-state index in [2.05, 4.69) is 5.32 Å². The van der Waals surface area contributed by atoms with E-state index in [0.717, 1.165) is 29.7 Å². The van der Waals surface area contributed by atoms with Crippen molar-refractivity contribution in [1.29, 1.82) is 0 Å². The Balaban J connectivity index is 1.50. The molecule has 3 aromatic rings. The molecule has 0 saturated heterocycles. The number of carboxylic acids is 1. The normalized spacial score (nSPS) is 13.5. The summed E-state index contributed by atoms with van der Waals surface area (Å²) in [7, 11) is 0. The standard InChI is InChI=1S/C28H26Cl2N2O5/c1-16-4-2-6-20(29)26(16)27(35)31-22(28(36)37)14-17-7-9-23-19(12-17)5-3-11-32(23)25(34)15-18-8-10-24(33)21(30)13-18/h2,4,6-10,12-13,22,33H,3,5,11,14-15H2,1H3,(H,31,35)(H,36,37). The Morgan fingerprint density at radius 3 is 2.49 bits per heavy atom. The van der Waals surface area contributed by atoms with Gasteiger partial charge in [0.1, 0.15) is 11.8 Å². The summed E-state index contributed by atoms with van der Waals surface area (Å²) in [5.41, 5.74) is 4.07. The maximum Gasteiger partial charge on any atom is 0.326 e. The van der Waals surface area contributed by atoms with Gasteiger partial charge in [-0.05, 0) is 66.3 Å². The Bertz CT molecular complexity index is 1350. The molecule has 0 bridgehead atoms. The molecular weight excluding hydrogens is 515 g/mol. The Morgan fingerprint density at radius 1 is 1.03 bits per heavy atom. The monoisotopic (exact) mass is 540 g/mol. The summed E-state index contributed by atoms with van der Waals surface area (Å²) in [6.45, 7) is 2.31. The summed E-state index contributed by atoms with van der Waals surface area (Å²) in [6.07, 6.45) is 1.73. The van der Waals surface area contributed by atoms with Gasteiger partial charge in [0, 0.05) is 18.7 Å². The summed E-state index contributed by atoms with van der Waals surface area (Å²) in [5, 5.41) is 22.4. The minimum atomic E-state index is -1.15. The fraction of sp³-hybridized carbons (Fsp3) is 0.250. The number of rotatable bonds is 7. The highest BCUT2D eigenvalue weighted by Gasteiger charge is 2.26. The smallest absolute Gasteiger partial charge is 0.326 e. The number of phenolic OH excluding ortho intramolecular Hbond substituents is 1. The number of nitrogens with one attached hydrogen (secondary N) is 1. The van der Waals surface area contributed by atoms with Crippen molar-refractivity contribution in [2.75, 3.05) is 11.4 Å². The number of hydrogen-bond acceptors (Lipinski definition) is 4. The maximum atomic E-state index is 13.1. The van der Waals surface area contributed by atoms with Crippen LogP contribution in [-0.2, 0) is 28.9 Å². The van der Waals surface area contributed by atoms with Gasteiger partial charge in [0.25, 0.3) is 5.91 Å². The van der Waals surface area contributed by atoms with Crippen LogP contribution in [0.15, 0.2) is 54.6 Å². The quantitative estimate of drug-likeness (QED) is 0.392. The largest absolute Gasteiger partial charge is 0.506 e. The van der Waals surface area contributed by atoms with Gasteiger partial charge in [0.15, 0.2) is 0 Å². The molecule has 192 valence electrons. The van der Waals surface area contributed by atoms with Gasteiger partial charge in [-0.15, -0.1) is 0 Å². The van der Waals surface area contributed by atoms with Gasteiger partial charge in [0.2, 0.25) is 5.91 Å². The molecule has 9 heteroatoms. The first kappa shape index (κ1) is 26.5. The molecule has 1 aliphatic rings. The van der Waals surface area contributed by atoms with Crippen molar-refractivity contribution in [3.05, 3.63) is 92.5 Å². The molecule has 0 aliphatic carbocycles. The lowest BCUT2D eigenvalue weighted by atomic mass is 9.95. The van der Waals surface area contributed by atoms with Crippen LogP contribution >= 0.6 is 23.2 Å². The van der Waals surface area contributed by atoms with Crippen LogP contribution in [0.25, 0.3) is 0 Å². The Hall–Kier alpha value is -3.55. The summed E-state index contributed by atoms with van der Waals surface area (Å²) >= 11 is 12.2. The lowest BCUT2D eigenvalue weighted by Gasteiger charge is -2.30. The van der Waals surface area contributed by atoms with Crippen molar-refractivity contribution >= 4 is 46.7 Å². The van der Waals surface area contributed by atoms with Crippen LogP contribution in [0.3, 0.4) is 0 Å². The second-order valence-electron chi connectivity index (χ2n) is 9.07.